The summed E-state index contributed by atoms with van der Waals surface area (Å²) in [5.74, 6) is -0.784. The highest BCUT2D eigenvalue weighted by atomic mass is 16.6. The van der Waals surface area contributed by atoms with Crippen LogP contribution in [0.25, 0.3) is 0 Å². The fourth-order valence-electron chi connectivity index (χ4n) is 2.96. The Morgan fingerprint density at radius 3 is 2.31 bits per heavy atom. The van der Waals surface area contributed by atoms with Gasteiger partial charge in [-0.05, 0) is 23.3 Å². The number of allylic oxidation sites excluding steroid dienone is 2. The molecule has 0 saturated carbocycles. The summed E-state index contributed by atoms with van der Waals surface area (Å²) >= 11 is 0. The first-order chi connectivity index (χ1) is 12.6. The molecule has 0 radical (unpaired) electrons. The molecular weight excluding hydrogens is 334 g/mol. The standard InChI is InChI=1S/C20H17NO5/c1-25-20(22)19-13-18(14-5-3-2-4-6-14)17(11-12-26-19)15-7-9-16(10-8-15)21(23)24/h2-13,17-18H,1H3/t17-,18+/m1/s1. The zero-order chi connectivity index (χ0) is 18.5. The van der Waals surface area contributed by atoms with Gasteiger partial charge in [0.15, 0.2) is 0 Å². The van der Waals surface area contributed by atoms with Gasteiger partial charge in [-0.2, -0.15) is 0 Å². The van der Waals surface area contributed by atoms with E-state index in [-0.39, 0.29) is 23.3 Å². The molecular formula is C20H17NO5. The molecule has 2 aromatic carbocycles. The molecule has 2 aromatic rings. The van der Waals surface area contributed by atoms with Crippen molar-refractivity contribution in [3.05, 3.63) is 100 Å². The molecule has 0 aliphatic carbocycles. The number of hydrogen-bond acceptors (Lipinski definition) is 5. The number of methoxy groups -OCH3 is 1. The molecule has 0 amide bonds. The lowest BCUT2D eigenvalue weighted by molar-refractivity contribution is -0.384. The van der Waals surface area contributed by atoms with E-state index in [1.807, 2.05) is 36.4 Å². The number of non-ortho nitro benzene ring substituents is 1. The monoisotopic (exact) mass is 351 g/mol. The smallest absolute Gasteiger partial charge is 0.373 e. The molecule has 0 fully saturated rings. The van der Waals surface area contributed by atoms with Crippen LogP contribution in [0.1, 0.15) is 23.0 Å². The zero-order valence-corrected chi connectivity index (χ0v) is 14.1. The van der Waals surface area contributed by atoms with E-state index < -0.39 is 10.9 Å². The van der Waals surface area contributed by atoms with E-state index in [0.717, 1.165) is 11.1 Å². The van der Waals surface area contributed by atoms with Gasteiger partial charge in [-0.15, -0.1) is 0 Å². The van der Waals surface area contributed by atoms with Crippen LogP contribution >= 0.6 is 0 Å². The van der Waals surface area contributed by atoms with Crippen LogP contribution in [0.15, 0.2) is 78.8 Å². The molecule has 132 valence electrons. The Kier molecular flexibility index (Phi) is 5.12. The van der Waals surface area contributed by atoms with Crippen LogP contribution in [0.3, 0.4) is 0 Å². The number of carbonyl (C=O) groups excluding carboxylic acids is 1. The lowest BCUT2D eigenvalue weighted by Gasteiger charge is -2.21. The highest BCUT2D eigenvalue weighted by Crippen LogP contribution is 2.38. The molecule has 6 heteroatoms. The topological polar surface area (TPSA) is 78.7 Å². The minimum Gasteiger partial charge on any atom is -0.463 e. The van der Waals surface area contributed by atoms with Crippen molar-refractivity contribution < 1.29 is 19.2 Å². The predicted molar refractivity (Wildman–Crippen MR) is 95.3 cm³/mol. The Morgan fingerprint density at radius 1 is 1.04 bits per heavy atom. The van der Waals surface area contributed by atoms with Gasteiger partial charge in [0.05, 0.1) is 18.3 Å². The van der Waals surface area contributed by atoms with Crippen molar-refractivity contribution in [3.8, 4) is 0 Å². The number of nitro benzene ring substituents is 1. The average molecular weight is 351 g/mol. The molecule has 1 aliphatic heterocycles. The van der Waals surface area contributed by atoms with Gasteiger partial charge in [-0.25, -0.2) is 4.79 Å². The van der Waals surface area contributed by atoms with Crippen molar-refractivity contribution in [1.82, 2.24) is 0 Å². The van der Waals surface area contributed by atoms with Crippen molar-refractivity contribution in [2.45, 2.75) is 11.8 Å². The number of rotatable bonds is 4. The fourth-order valence-corrected chi connectivity index (χ4v) is 2.96. The Hall–Kier alpha value is -3.41. The summed E-state index contributed by atoms with van der Waals surface area (Å²) in [5, 5.41) is 10.9. The lowest BCUT2D eigenvalue weighted by Crippen LogP contribution is -2.10. The fraction of sp³-hybridized carbons (Fsp3) is 0.150. The number of esters is 1. The first-order valence-corrected chi connectivity index (χ1v) is 8.03. The molecule has 3 rings (SSSR count). The van der Waals surface area contributed by atoms with Gasteiger partial charge in [0.2, 0.25) is 5.76 Å². The Morgan fingerprint density at radius 2 is 1.69 bits per heavy atom. The van der Waals surface area contributed by atoms with E-state index in [4.69, 9.17) is 9.47 Å². The number of benzene rings is 2. The maximum Gasteiger partial charge on any atom is 0.373 e. The number of nitro groups is 1. The van der Waals surface area contributed by atoms with E-state index in [1.54, 1.807) is 18.2 Å². The number of nitrogens with zero attached hydrogens (tertiary/aromatic N) is 1. The van der Waals surface area contributed by atoms with Gasteiger partial charge in [-0.1, -0.05) is 42.5 Å². The van der Waals surface area contributed by atoms with Crippen LogP contribution in [0.4, 0.5) is 5.69 Å². The number of hydrogen-bond donors (Lipinski definition) is 0. The van der Waals surface area contributed by atoms with Gasteiger partial charge in [0, 0.05) is 24.0 Å². The molecule has 2 atom stereocenters. The number of carbonyl (C=O) groups is 1. The summed E-state index contributed by atoms with van der Waals surface area (Å²) in [4.78, 5) is 22.4. The van der Waals surface area contributed by atoms with E-state index >= 15 is 0 Å². The summed E-state index contributed by atoms with van der Waals surface area (Å²) in [6.07, 6.45) is 5.02. The molecule has 0 aromatic heterocycles. The van der Waals surface area contributed by atoms with E-state index in [1.165, 1.54) is 25.5 Å². The SMILES string of the molecule is COC(=O)C1=C[C@@H](c2ccccc2)[C@@H](c2ccc([N+](=O)[O-])cc2)C=CO1. The quantitative estimate of drug-likeness (QED) is 0.471. The third-order valence-electron chi connectivity index (χ3n) is 4.26. The van der Waals surface area contributed by atoms with Crippen molar-refractivity contribution in [3.63, 3.8) is 0 Å². The van der Waals surface area contributed by atoms with Crippen molar-refractivity contribution in [1.29, 1.82) is 0 Å². The predicted octanol–water partition coefficient (Wildman–Crippen LogP) is 4.06. The van der Waals surface area contributed by atoms with Gasteiger partial charge < -0.3 is 9.47 Å². The third kappa shape index (κ3) is 3.64. The summed E-state index contributed by atoms with van der Waals surface area (Å²) in [6, 6.07) is 16.1. The minimum atomic E-state index is -0.556. The van der Waals surface area contributed by atoms with Crippen molar-refractivity contribution >= 4 is 11.7 Å². The summed E-state index contributed by atoms with van der Waals surface area (Å²) in [6.45, 7) is 0. The Labute approximate surface area is 150 Å². The second-order valence-corrected chi connectivity index (χ2v) is 5.78. The van der Waals surface area contributed by atoms with Gasteiger partial charge in [-0.3, -0.25) is 10.1 Å². The van der Waals surface area contributed by atoms with E-state index in [0.29, 0.717) is 0 Å². The summed E-state index contributed by atoms with van der Waals surface area (Å²) < 4.78 is 10.2. The zero-order valence-electron chi connectivity index (χ0n) is 14.1. The molecule has 1 heterocycles. The molecule has 1 aliphatic rings. The summed E-state index contributed by atoms with van der Waals surface area (Å²) in [7, 11) is 1.30. The van der Waals surface area contributed by atoms with Crippen molar-refractivity contribution in [2.75, 3.05) is 7.11 Å². The summed E-state index contributed by atoms with van der Waals surface area (Å²) in [5.41, 5.74) is 1.91. The van der Waals surface area contributed by atoms with Crippen LogP contribution in [0, 0.1) is 10.1 Å². The first kappa shape index (κ1) is 17.4. The third-order valence-corrected chi connectivity index (χ3v) is 4.26. The van der Waals surface area contributed by atoms with Crippen LogP contribution < -0.4 is 0 Å². The van der Waals surface area contributed by atoms with Crippen LogP contribution in [0.5, 0.6) is 0 Å². The molecule has 6 nitrogen and oxygen atoms in total. The molecule has 26 heavy (non-hydrogen) atoms. The normalized spacial score (nSPS) is 19.0. The van der Waals surface area contributed by atoms with E-state index in [2.05, 4.69) is 0 Å². The Bertz CT molecular complexity index is 856. The molecule has 0 spiro atoms. The molecule has 0 saturated heterocycles. The van der Waals surface area contributed by atoms with E-state index in [9.17, 15) is 14.9 Å². The second kappa shape index (κ2) is 7.65. The molecule has 0 N–H and O–H groups in total. The Balaban J connectivity index is 2.05. The molecule has 0 unspecified atom stereocenters. The van der Waals surface area contributed by atoms with Crippen LogP contribution in [-0.4, -0.2) is 18.0 Å². The maximum absolute atomic E-state index is 11.9. The van der Waals surface area contributed by atoms with Crippen molar-refractivity contribution in [2.24, 2.45) is 0 Å². The van der Waals surface area contributed by atoms with Gasteiger partial charge in [0.25, 0.3) is 5.69 Å². The average Bonchev–Trinajstić information content (AvgIpc) is 2.91. The largest absolute Gasteiger partial charge is 0.463 e. The first-order valence-electron chi connectivity index (χ1n) is 8.03. The van der Waals surface area contributed by atoms with Crippen LogP contribution in [0.2, 0.25) is 0 Å². The van der Waals surface area contributed by atoms with Gasteiger partial charge in [0.1, 0.15) is 0 Å². The highest BCUT2D eigenvalue weighted by Gasteiger charge is 2.27. The van der Waals surface area contributed by atoms with Gasteiger partial charge >= 0.3 is 5.97 Å². The highest BCUT2D eigenvalue weighted by molar-refractivity contribution is 5.86. The minimum absolute atomic E-state index is 0.0321. The maximum atomic E-state index is 11.9. The molecule has 0 bridgehead atoms. The van der Waals surface area contributed by atoms with Crippen LogP contribution in [-0.2, 0) is 14.3 Å². The number of ether oxygens (including phenoxy) is 2. The lowest BCUT2D eigenvalue weighted by atomic mass is 9.81. The second-order valence-electron chi connectivity index (χ2n) is 5.78.